The molecule has 24 heavy (non-hydrogen) atoms. The second kappa shape index (κ2) is 12.1. The lowest BCUT2D eigenvalue weighted by molar-refractivity contribution is 0.487. The van der Waals surface area contributed by atoms with Gasteiger partial charge in [-0.2, -0.15) is 0 Å². The van der Waals surface area contributed by atoms with E-state index in [1.807, 2.05) is 12.5 Å². The van der Waals surface area contributed by atoms with Crippen LogP contribution in [-0.2, 0) is 0 Å². The molecule has 2 rings (SSSR count). The molecule has 0 saturated heterocycles. The van der Waals surface area contributed by atoms with E-state index >= 15 is 0 Å². The average molecular weight is 349 g/mol. The summed E-state index contributed by atoms with van der Waals surface area (Å²) < 4.78 is 2.27. The lowest BCUT2D eigenvalue weighted by Crippen LogP contribution is -2.10. The first-order valence-corrected chi connectivity index (χ1v) is 9.36. The maximum atomic E-state index is 4.25. The molecule has 0 fully saturated rings. The van der Waals surface area contributed by atoms with E-state index < -0.39 is 0 Å². The fourth-order valence-corrected chi connectivity index (χ4v) is 3.35. The Hall–Kier alpha value is -1.28. The maximum absolute atomic E-state index is 4.25. The second-order valence-electron chi connectivity index (χ2n) is 6.65. The molecular weight excluding hydrogens is 316 g/mol. The van der Waals surface area contributed by atoms with E-state index in [0.29, 0.717) is 6.04 Å². The van der Waals surface area contributed by atoms with Gasteiger partial charge in [-0.1, -0.05) is 82.6 Å². The molecule has 0 aliphatic carbocycles. The second-order valence-corrected chi connectivity index (χ2v) is 6.65. The van der Waals surface area contributed by atoms with Gasteiger partial charge in [-0.15, -0.1) is 12.4 Å². The summed E-state index contributed by atoms with van der Waals surface area (Å²) in [7, 11) is 0. The molecule has 0 N–H and O–H groups in total. The van der Waals surface area contributed by atoms with Gasteiger partial charge in [0.2, 0.25) is 0 Å². The Morgan fingerprint density at radius 3 is 2.25 bits per heavy atom. The van der Waals surface area contributed by atoms with Crippen molar-refractivity contribution in [1.29, 1.82) is 0 Å². The number of nitrogens with zero attached hydrogens (tertiary/aromatic N) is 2. The van der Waals surface area contributed by atoms with Crippen LogP contribution in [0.25, 0.3) is 0 Å². The van der Waals surface area contributed by atoms with Crippen molar-refractivity contribution < 1.29 is 0 Å². The number of hydrogen-bond acceptors (Lipinski definition) is 1. The van der Waals surface area contributed by atoms with Crippen LogP contribution in [0.3, 0.4) is 0 Å². The zero-order chi connectivity index (χ0) is 16.3. The molecule has 2 nitrogen and oxygen atoms in total. The largest absolute Gasteiger partial charge is 0.330 e. The van der Waals surface area contributed by atoms with E-state index in [-0.39, 0.29) is 12.4 Å². The van der Waals surface area contributed by atoms with E-state index in [0.717, 1.165) is 0 Å². The quantitative estimate of drug-likeness (QED) is 0.411. The molecule has 0 spiro atoms. The van der Waals surface area contributed by atoms with Crippen molar-refractivity contribution >= 4 is 12.4 Å². The van der Waals surface area contributed by atoms with Crippen molar-refractivity contribution in [3.05, 3.63) is 54.1 Å². The van der Waals surface area contributed by atoms with Crippen LogP contribution >= 0.6 is 12.4 Å². The molecule has 0 aliphatic heterocycles. The van der Waals surface area contributed by atoms with Gasteiger partial charge in [0, 0.05) is 12.4 Å². The minimum Gasteiger partial charge on any atom is -0.330 e. The number of aryl methyl sites for hydroxylation is 1. The van der Waals surface area contributed by atoms with Gasteiger partial charge in [0.05, 0.1) is 12.4 Å². The standard InChI is InChI=1S/C21H32N2.ClH/c1-3-4-5-6-7-8-9-10-15-21(23-17-16-22-18-23)20-14-12-11-13-19(20)2;/h11-14,16-18,21H,3-10,15H2,1-2H3;1H. The molecule has 1 aromatic carbocycles. The Morgan fingerprint density at radius 2 is 1.62 bits per heavy atom. The van der Waals surface area contributed by atoms with E-state index in [9.17, 15) is 0 Å². The highest BCUT2D eigenvalue weighted by molar-refractivity contribution is 5.85. The van der Waals surface area contributed by atoms with Crippen LogP contribution < -0.4 is 0 Å². The van der Waals surface area contributed by atoms with Gasteiger partial charge in [-0.05, 0) is 24.5 Å². The molecule has 0 bridgehead atoms. The monoisotopic (exact) mass is 348 g/mol. The number of rotatable bonds is 11. The molecule has 0 radical (unpaired) electrons. The van der Waals surface area contributed by atoms with Crippen LogP contribution in [0, 0.1) is 6.92 Å². The van der Waals surface area contributed by atoms with Gasteiger partial charge >= 0.3 is 0 Å². The average Bonchev–Trinajstić information content (AvgIpc) is 3.09. The summed E-state index contributed by atoms with van der Waals surface area (Å²) in [4.78, 5) is 4.25. The topological polar surface area (TPSA) is 17.8 Å². The van der Waals surface area contributed by atoms with Crippen LogP contribution in [0.1, 0.15) is 81.9 Å². The van der Waals surface area contributed by atoms with E-state index in [2.05, 4.69) is 53.9 Å². The van der Waals surface area contributed by atoms with Gasteiger partial charge < -0.3 is 4.57 Å². The highest BCUT2D eigenvalue weighted by atomic mass is 35.5. The van der Waals surface area contributed by atoms with Crippen LogP contribution in [-0.4, -0.2) is 9.55 Å². The number of aromatic nitrogens is 2. The molecule has 1 unspecified atom stereocenters. The summed E-state index contributed by atoms with van der Waals surface area (Å²) in [5.41, 5.74) is 2.82. The zero-order valence-electron chi connectivity index (χ0n) is 15.3. The van der Waals surface area contributed by atoms with E-state index in [4.69, 9.17) is 0 Å². The van der Waals surface area contributed by atoms with Gasteiger partial charge in [0.1, 0.15) is 0 Å². The van der Waals surface area contributed by atoms with Crippen LogP contribution in [0.2, 0.25) is 0 Å². The van der Waals surface area contributed by atoms with Gasteiger partial charge in [0.25, 0.3) is 0 Å². The van der Waals surface area contributed by atoms with E-state index in [1.165, 1.54) is 68.9 Å². The fourth-order valence-electron chi connectivity index (χ4n) is 3.35. The first-order chi connectivity index (χ1) is 11.3. The molecule has 1 atom stereocenters. The van der Waals surface area contributed by atoms with Gasteiger partial charge in [-0.25, -0.2) is 4.98 Å². The Morgan fingerprint density at radius 1 is 0.958 bits per heavy atom. The van der Waals surface area contributed by atoms with Crippen molar-refractivity contribution in [1.82, 2.24) is 9.55 Å². The van der Waals surface area contributed by atoms with Crippen LogP contribution in [0.4, 0.5) is 0 Å². The normalized spacial score (nSPS) is 11.9. The fraction of sp³-hybridized carbons (Fsp3) is 0.571. The summed E-state index contributed by atoms with van der Waals surface area (Å²) in [5.74, 6) is 0. The number of hydrogen-bond donors (Lipinski definition) is 0. The van der Waals surface area contributed by atoms with E-state index in [1.54, 1.807) is 0 Å². The zero-order valence-corrected chi connectivity index (χ0v) is 16.1. The SMILES string of the molecule is CCCCCCCCCCC(c1ccccc1C)n1ccnc1.Cl. The Labute approximate surface area is 154 Å². The van der Waals surface area contributed by atoms with Gasteiger partial charge in [-0.3, -0.25) is 0 Å². The van der Waals surface area contributed by atoms with Crippen molar-refractivity contribution in [2.75, 3.05) is 0 Å². The van der Waals surface area contributed by atoms with Gasteiger partial charge in [0.15, 0.2) is 0 Å². The first kappa shape index (κ1) is 20.8. The minimum atomic E-state index is 0. The summed E-state index contributed by atoms with van der Waals surface area (Å²) >= 11 is 0. The Bertz CT molecular complexity index is 537. The van der Waals surface area contributed by atoms with Crippen molar-refractivity contribution in [2.24, 2.45) is 0 Å². The molecule has 0 amide bonds. The predicted molar refractivity (Wildman–Crippen MR) is 106 cm³/mol. The predicted octanol–water partition coefficient (Wildman–Crippen LogP) is 6.73. The Balaban J connectivity index is 0.00000288. The highest BCUT2D eigenvalue weighted by Crippen LogP contribution is 2.27. The molecule has 1 aromatic heterocycles. The van der Waals surface area contributed by atoms with Crippen molar-refractivity contribution in [3.63, 3.8) is 0 Å². The van der Waals surface area contributed by atoms with Crippen LogP contribution in [0.5, 0.6) is 0 Å². The molecule has 1 heterocycles. The molecule has 0 saturated carbocycles. The number of unbranched alkanes of at least 4 members (excludes halogenated alkanes) is 7. The molecule has 134 valence electrons. The summed E-state index contributed by atoms with van der Waals surface area (Å²) in [6, 6.07) is 9.19. The van der Waals surface area contributed by atoms with Crippen molar-refractivity contribution in [3.8, 4) is 0 Å². The maximum Gasteiger partial charge on any atom is 0.0951 e. The molecule has 2 aromatic rings. The number of benzene rings is 1. The number of halogens is 1. The van der Waals surface area contributed by atoms with Crippen molar-refractivity contribution in [2.45, 2.75) is 77.7 Å². The first-order valence-electron chi connectivity index (χ1n) is 9.36. The summed E-state index contributed by atoms with van der Waals surface area (Å²) in [6.45, 7) is 4.49. The molecular formula is C21H33ClN2. The third kappa shape index (κ3) is 6.68. The van der Waals surface area contributed by atoms with Crippen LogP contribution in [0.15, 0.2) is 43.0 Å². The lowest BCUT2D eigenvalue weighted by Gasteiger charge is -2.21. The molecule has 3 heteroatoms. The Kier molecular flexibility index (Phi) is 10.5. The third-order valence-corrected chi connectivity index (χ3v) is 4.76. The highest BCUT2D eigenvalue weighted by Gasteiger charge is 2.14. The molecule has 0 aliphatic rings. The minimum absolute atomic E-state index is 0. The smallest absolute Gasteiger partial charge is 0.0951 e. The summed E-state index contributed by atoms with van der Waals surface area (Å²) in [5, 5.41) is 0. The number of imidazole rings is 1. The lowest BCUT2D eigenvalue weighted by atomic mass is 9.96. The summed E-state index contributed by atoms with van der Waals surface area (Å²) in [6.07, 6.45) is 18.1. The third-order valence-electron chi connectivity index (χ3n) is 4.76.